The van der Waals surface area contributed by atoms with Crippen LogP contribution in [0.4, 0.5) is 4.79 Å². The molecule has 2 heterocycles. The van der Waals surface area contributed by atoms with Crippen LogP contribution in [0, 0.1) is 0 Å². The number of piperidine rings is 1. The Hall–Kier alpha value is -2.38. The molecule has 1 saturated heterocycles. The van der Waals surface area contributed by atoms with Crippen LogP contribution in [0.2, 0.25) is 0 Å². The number of rotatable bonds is 5. The van der Waals surface area contributed by atoms with Crippen LogP contribution in [0.5, 0.6) is 11.5 Å². The first kappa shape index (κ1) is 22.8. The Morgan fingerprint density at radius 3 is 2.53 bits per heavy atom. The van der Waals surface area contributed by atoms with Gasteiger partial charge in [-0.25, -0.2) is 4.79 Å². The molecule has 172 valence electrons. The number of likely N-dealkylation sites (tertiary alicyclic amines) is 1. The van der Waals surface area contributed by atoms with Crippen LogP contribution in [-0.4, -0.2) is 68.1 Å². The van der Waals surface area contributed by atoms with Crippen molar-refractivity contribution in [3.8, 4) is 22.6 Å². The van der Waals surface area contributed by atoms with Crippen molar-refractivity contribution < 1.29 is 19.0 Å². The normalized spacial score (nSPS) is 17.3. The van der Waals surface area contributed by atoms with E-state index in [0.29, 0.717) is 19.3 Å². The highest BCUT2D eigenvalue weighted by Crippen LogP contribution is 2.39. The molecule has 2 aliphatic rings. The highest BCUT2D eigenvalue weighted by atomic mass is 32.2. The lowest BCUT2D eigenvalue weighted by molar-refractivity contribution is 0.0704. The van der Waals surface area contributed by atoms with Crippen molar-refractivity contribution in [1.82, 2.24) is 9.80 Å². The summed E-state index contributed by atoms with van der Waals surface area (Å²) in [5.41, 5.74) is 3.46. The number of benzene rings is 2. The third kappa shape index (κ3) is 4.99. The summed E-state index contributed by atoms with van der Waals surface area (Å²) in [5.74, 6) is 1.63. The maximum Gasteiger partial charge on any atom is 0.409 e. The molecule has 0 bridgehead atoms. The molecule has 0 saturated carbocycles. The number of methoxy groups -OCH3 is 1. The van der Waals surface area contributed by atoms with Crippen LogP contribution >= 0.6 is 11.8 Å². The molecule has 0 atom stereocenters. The smallest absolute Gasteiger partial charge is 0.409 e. The first-order valence-electron chi connectivity index (χ1n) is 11.3. The lowest BCUT2D eigenvalue weighted by atomic mass is 9.99. The molecule has 2 aromatic rings. The van der Waals surface area contributed by atoms with Crippen molar-refractivity contribution >= 4 is 17.9 Å². The highest BCUT2D eigenvalue weighted by Gasteiger charge is 2.30. The van der Waals surface area contributed by atoms with Gasteiger partial charge in [0.05, 0.1) is 13.7 Å². The van der Waals surface area contributed by atoms with Gasteiger partial charge in [-0.3, -0.25) is 4.90 Å². The SMILES string of the molecule is CCOC(=O)N1CCC(N2CCOc3c(cc(-c4ccc(SC)cc4)cc3OC)C2)CC1. The Balaban J connectivity index is 1.53. The molecule has 2 aromatic carbocycles. The summed E-state index contributed by atoms with van der Waals surface area (Å²) in [7, 11) is 1.70. The lowest BCUT2D eigenvalue weighted by Crippen LogP contribution is -2.47. The predicted octanol–water partition coefficient (Wildman–Crippen LogP) is 4.90. The second-order valence-corrected chi connectivity index (χ2v) is 9.01. The standard InChI is InChI=1S/C25H32N2O4S/c1-4-30-25(28)26-11-9-21(10-12-26)27-13-14-31-24-20(17-27)15-19(16-23(24)29-2)18-5-7-22(32-3)8-6-18/h5-8,15-16,21H,4,9-14,17H2,1-3H3. The topological polar surface area (TPSA) is 51.2 Å². The van der Waals surface area contributed by atoms with E-state index in [9.17, 15) is 4.79 Å². The Labute approximate surface area is 194 Å². The largest absolute Gasteiger partial charge is 0.493 e. The Morgan fingerprint density at radius 1 is 1.12 bits per heavy atom. The van der Waals surface area contributed by atoms with Crippen LogP contribution in [0.15, 0.2) is 41.3 Å². The van der Waals surface area contributed by atoms with Gasteiger partial charge < -0.3 is 19.1 Å². The molecule has 0 spiro atoms. The summed E-state index contributed by atoms with van der Waals surface area (Å²) < 4.78 is 17.0. The molecule has 32 heavy (non-hydrogen) atoms. The van der Waals surface area contributed by atoms with Crippen molar-refractivity contribution in [3.63, 3.8) is 0 Å². The summed E-state index contributed by atoms with van der Waals surface area (Å²) in [6.45, 7) is 6.04. The van der Waals surface area contributed by atoms with Crippen molar-refractivity contribution in [1.29, 1.82) is 0 Å². The minimum atomic E-state index is -0.197. The zero-order chi connectivity index (χ0) is 22.5. The van der Waals surface area contributed by atoms with E-state index < -0.39 is 0 Å². The van der Waals surface area contributed by atoms with E-state index in [4.69, 9.17) is 14.2 Å². The predicted molar refractivity (Wildman–Crippen MR) is 128 cm³/mol. The number of carbonyl (C=O) groups is 1. The summed E-state index contributed by atoms with van der Waals surface area (Å²) in [6, 6.07) is 13.3. The average molecular weight is 457 g/mol. The zero-order valence-electron chi connectivity index (χ0n) is 19.1. The number of thioether (sulfide) groups is 1. The van der Waals surface area contributed by atoms with Crippen LogP contribution in [0.25, 0.3) is 11.1 Å². The Bertz CT molecular complexity index is 926. The maximum absolute atomic E-state index is 12.0. The van der Waals surface area contributed by atoms with E-state index >= 15 is 0 Å². The number of amides is 1. The molecule has 0 aliphatic carbocycles. The van der Waals surface area contributed by atoms with Gasteiger partial charge in [-0.05, 0) is 61.4 Å². The monoisotopic (exact) mass is 456 g/mol. The molecule has 0 aromatic heterocycles. The van der Waals surface area contributed by atoms with Gasteiger partial charge in [0.15, 0.2) is 11.5 Å². The van der Waals surface area contributed by atoms with Gasteiger partial charge in [-0.1, -0.05) is 12.1 Å². The molecule has 6 nitrogen and oxygen atoms in total. The molecule has 2 aliphatic heterocycles. The molecular formula is C25H32N2O4S. The van der Waals surface area contributed by atoms with Gasteiger partial charge in [-0.2, -0.15) is 0 Å². The van der Waals surface area contributed by atoms with Gasteiger partial charge >= 0.3 is 6.09 Å². The first-order chi connectivity index (χ1) is 15.6. The van der Waals surface area contributed by atoms with Crippen LogP contribution in [0.3, 0.4) is 0 Å². The third-order valence-corrected chi connectivity index (χ3v) is 7.02. The quantitative estimate of drug-likeness (QED) is 0.597. The van der Waals surface area contributed by atoms with Gasteiger partial charge in [0.1, 0.15) is 6.61 Å². The second kappa shape index (κ2) is 10.5. The van der Waals surface area contributed by atoms with Gasteiger partial charge in [0, 0.05) is 42.7 Å². The maximum atomic E-state index is 12.0. The summed E-state index contributed by atoms with van der Waals surface area (Å²) in [5, 5.41) is 0. The van der Waals surface area contributed by atoms with E-state index in [2.05, 4.69) is 47.6 Å². The fraction of sp³-hybridized carbons (Fsp3) is 0.480. The average Bonchev–Trinajstić information content (AvgIpc) is 3.06. The van der Waals surface area contributed by atoms with Crippen molar-refractivity contribution in [2.75, 3.05) is 46.2 Å². The summed E-state index contributed by atoms with van der Waals surface area (Å²) >= 11 is 1.74. The fourth-order valence-corrected chi connectivity index (χ4v) is 4.95. The van der Waals surface area contributed by atoms with Crippen molar-refractivity contribution in [2.45, 2.75) is 37.2 Å². The van der Waals surface area contributed by atoms with E-state index in [0.717, 1.165) is 61.6 Å². The minimum absolute atomic E-state index is 0.197. The van der Waals surface area contributed by atoms with E-state index in [1.807, 2.05) is 11.8 Å². The van der Waals surface area contributed by atoms with Crippen molar-refractivity contribution in [3.05, 3.63) is 42.0 Å². The first-order valence-corrected chi connectivity index (χ1v) is 12.5. The number of ether oxygens (including phenoxy) is 3. The molecule has 0 N–H and O–H groups in total. The molecule has 1 amide bonds. The van der Waals surface area contributed by atoms with Gasteiger partial charge in [0.2, 0.25) is 0 Å². The minimum Gasteiger partial charge on any atom is -0.493 e. The third-order valence-electron chi connectivity index (χ3n) is 6.28. The molecular weight excluding hydrogens is 424 g/mol. The Kier molecular flexibility index (Phi) is 7.48. The highest BCUT2D eigenvalue weighted by molar-refractivity contribution is 7.98. The summed E-state index contributed by atoms with van der Waals surface area (Å²) in [4.78, 5) is 17.6. The van der Waals surface area contributed by atoms with E-state index in [1.54, 1.807) is 18.9 Å². The Morgan fingerprint density at radius 2 is 1.88 bits per heavy atom. The van der Waals surface area contributed by atoms with Crippen LogP contribution < -0.4 is 9.47 Å². The number of hydrogen-bond acceptors (Lipinski definition) is 6. The van der Waals surface area contributed by atoms with Crippen LogP contribution in [0.1, 0.15) is 25.3 Å². The lowest BCUT2D eigenvalue weighted by Gasteiger charge is -2.37. The molecule has 0 unspecified atom stereocenters. The van der Waals surface area contributed by atoms with Crippen LogP contribution in [-0.2, 0) is 11.3 Å². The van der Waals surface area contributed by atoms with Gasteiger partial charge in [-0.15, -0.1) is 11.8 Å². The number of hydrogen-bond donors (Lipinski definition) is 0. The number of fused-ring (bicyclic) bond motifs is 1. The second-order valence-electron chi connectivity index (χ2n) is 8.13. The molecule has 4 rings (SSSR count). The van der Waals surface area contributed by atoms with Gasteiger partial charge in [0.25, 0.3) is 0 Å². The molecule has 0 radical (unpaired) electrons. The number of nitrogens with zero attached hydrogens (tertiary/aromatic N) is 2. The van der Waals surface area contributed by atoms with Crippen molar-refractivity contribution in [2.24, 2.45) is 0 Å². The number of carbonyl (C=O) groups excluding carboxylic acids is 1. The fourth-order valence-electron chi connectivity index (χ4n) is 4.55. The van der Waals surface area contributed by atoms with E-state index in [-0.39, 0.29) is 6.09 Å². The van der Waals surface area contributed by atoms with E-state index in [1.165, 1.54) is 10.5 Å². The summed E-state index contributed by atoms with van der Waals surface area (Å²) in [6.07, 6.45) is 3.78. The molecule has 1 fully saturated rings. The molecule has 7 heteroatoms. The zero-order valence-corrected chi connectivity index (χ0v) is 20.0.